The van der Waals surface area contributed by atoms with Crippen molar-refractivity contribution in [3.05, 3.63) is 62.3 Å². The number of aromatic hydroxyl groups is 1. The summed E-state index contributed by atoms with van der Waals surface area (Å²) in [6.07, 6.45) is 0.533. The van der Waals surface area contributed by atoms with Crippen LogP contribution >= 0.6 is 11.3 Å². The van der Waals surface area contributed by atoms with Gasteiger partial charge in [-0.15, -0.1) is 0 Å². The highest BCUT2D eigenvalue weighted by Crippen LogP contribution is 2.23. The van der Waals surface area contributed by atoms with E-state index in [0.717, 1.165) is 33.9 Å². The predicted molar refractivity (Wildman–Crippen MR) is 114 cm³/mol. The summed E-state index contributed by atoms with van der Waals surface area (Å²) in [5, 5.41) is 9.71. The van der Waals surface area contributed by atoms with Gasteiger partial charge in [0, 0.05) is 19.5 Å². The molecule has 0 unspecified atom stereocenters. The van der Waals surface area contributed by atoms with Gasteiger partial charge in [-0.05, 0) is 37.6 Å². The molecule has 0 fully saturated rings. The van der Waals surface area contributed by atoms with Gasteiger partial charge in [0.15, 0.2) is 5.65 Å². The van der Waals surface area contributed by atoms with Crippen LogP contribution in [0.1, 0.15) is 30.1 Å². The molecule has 2 N–H and O–H groups in total. The number of aromatic nitrogens is 4. The van der Waals surface area contributed by atoms with Crippen LogP contribution in [0.3, 0.4) is 0 Å². The molecule has 8 nitrogen and oxygen atoms in total. The minimum absolute atomic E-state index is 0.0539. The maximum Gasteiger partial charge on any atom is 0.307 e. The van der Waals surface area contributed by atoms with Gasteiger partial charge in [0.1, 0.15) is 23.7 Å². The van der Waals surface area contributed by atoms with Crippen LogP contribution in [0.4, 0.5) is 0 Å². The van der Waals surface area contributed by atoms with E-state index in [1.54, 1.807) is 0 Å². The Morgan fingerprint density at radius 1 is 1.17 bits per heavy atom. The second-order valence-electron chi connectivity index (χ2n) is 7.14. The largest absolute Gasteiger partial charge is 0.494 e. The monoisotopic (exact) mass is 426 g/mol. The molecule has 0 saturated heterocycles. The molecule has 0 atom stereocenters. The minimum Gasteiger partial charge on any atom is -0.494 e. The van der Waals surface area contributed by atoms with Crippen LogP contribution in [-0.4, -0.2) is 30.7 Å². The standard InChI is InChI=1S/C21H22N4O4S/c1-12(2)29-18-9-8-15-19(23-18)25(3)17(22-15)11-28-14-6-4-13(5-7-14)10-16-20(26)24-21(27)30-16/h4-9,12,26H,10-11H2,1-3H3,(H,24,27). The zero-order valence-electron chi connectivity index (χ0n) is 16.9. The van der Waals surface area contributed by atoms with E-state index in [-0.39, 0.29) is 16.9 Å². The van der Waals surface area contributed by atoms with Crippen molar-refractivity contribution < 1.29 is 14.6 Å². The van der Waals surface area contributed by atoms with Gasteiger partial charge in [0.2, 0.25) is 11.8 Å². The summed E-state index contributed by atoms with van der Waals surface area (Å²) < 4.78 is 13.4. The first-order valence-electron chi connectivity index (χ1n) is 9.50. The summed E-state index contributed by atoms with van der Waals surface area (Å²) >= 11 is 1.01. The van der Waals surface area contributed by atoms with Crippen molar-refractivity contribution in [2.45, 2.75) is 33.0 Å². The molecule has 0 aliphatic rings. The first kappa shape index (κ1) is 20.0. The number of aromatic amines is 1. The van der Waals surface area contributed by atoms with Crippen molar-refractivity contribution in [3.63, 3.8) is 0 Å². The summed E-state index contributed by atoms with van der Waals surface area (Å²) in [7, 11) is 1.90. The lowest BCUT2D eigenvalue weighted by molar-refractivity contribution is 0.233. The lowest BCUT2D eigenvalue weighted by Crippen LogP contribution is -2.07. The Morgan fingerprint density at radius 3 is 2.60 bits per heavy atom. The van der Waals surface area contributed by atoms with Gasteiger partial charge in [-0.3, -0.25) is 9.78 Å². The highest BCUT2D eigenvalue weighted by molar-refractivity contribution is 7.09. The number of imidazole rings is 1. The third-order valence-corrected chi connectivity index (χ3v) is 5.37. The molecule has 156 valence electrons. The normalized spacial score (nSPS) is 11.3. The van der Waals surface area contributed by atoms with Crippen LogP contribution in [-0.2, 0) is 20.1 Å². The number of benzene rings is 1. The van der Waals surface area contributed by atoms with Crippen molar-refractivity contribution in [1.29, 1.82) is 0 Å². The quantitative estimate of drug-likeness (QED) is 0.470. The van der Waals surface area contributed by atoms with Gasteiger partial charge >= 0.3 is 4.87 Å². The number of nitrogens with zero attached hydrogens (tertiary/aromatic N) is 3. The maximum absolute atomic E-state index is 11.3. The molecular weight excluding hydrogens is 404 g/mol. The van der Waals surface area contributed by atoms with Gasteiger partial charge in [-0.25, -0.2) is 4.98 Å². The number of ether oxygens (including phenoxy) is 2. The smallest absolute Gasteiger partial charge is 0.307 e. The average molecular weight is 426 g/mol. The molecule has 0 spiro atoms. The van der Waals surface area contributed by atoms with Crippen LogP contribution in [0.15, 0.2) is 41.2 Å². The maximum atomic E-state index is 11.3. The van der Waals surface area contributed by atoms with Crippen LogP contribution in [0.2, 0.25) is 0 Å². The molecule has 0 saturated carbocycles. The second kappa shape index (κ2) is 8.19. The van der Waals surface area contributed by atoms with Gasteiger partial charge in [0.05, 0.1) is 11.0 Å². The Balaban J connectivity index is 1.44. The molecule has 3 aromatic heterocycles. The van der Waals surface area contributed by atoms with Gasteiger partial charge < -0.3 is 19.1 Å². The van der Waals surface area contributed by atoms with E-state index in [1.807, 2.05) is 61.9 Å². The van der Waals surface area contributed by atoms with Gasteiger partial charge in [-0.1, -0.05) is 23.5 Å². The Labute approximate surface area is 176 Å². The number of pyridine rings is 1. The molecule has 0 aliphatic heterocycles. The van der Waals surface area contributed by atoms with E-state index in [2.05, 4.69) is 15.0 Å². The van der Waals surface area contributed by atoms with Gasteiger partial charge in [0.25, 0.3) is 0 Å². The molecule has 30 heavy (non-hydrogen) atoms. The van der Waals surface area contributed by atoms with E-state index in [1.165, 1.54) is 0 Å². The fourth-order valence-electron chi connectivity index (χ4n) is 3.04. The average Bonchev–Trinajstić information content (AvgIpc) is 3.19. The lowest BCUT2D eigenvalue weighted by Gasteiger charge is -2.09. The zero-order chi connectivity index (χ0) is 21.3. The number of nitrogens with one attached hydrogen (secondary N) is 1. The molecular formula is C21H22N4O4S. The third-order valence-electron chi connectivity index (χ3n) is 4.50. The molecule has 1 aromatic carbocycles. The Hall–Kier alpha value is -3.33. The molecule has 0 amide bonds. The first-order chi connectivity index (χ1) is 14.4. The number of hydrogen-bond donors (Lipinski definition) is 2. The van der Waals surface area contributed by atoms with Crippen molar-refractivity contribution in [1.82, 2.24) is 19.5 Å². The minimum atomic E-state index is -0.262. The fourth-order valence-corrected chi connectivity index (χ4v) is 3.80. The highest BCUT2D eigenvalue weighted by atomic mass is 32.1. The van der Waals surface area contributed by atoms with Crippen molar-refractivity contribution >= 4 is 22.5 Å². The topological polar surface area (TPSA) is 102 Å². The first-order valence-corrected chi connectivity index (χ1v) is 10.3. The summed E-state index contributed by atoms with van der Waals surface area (Å²) in [6, 6.07) is 11.2. The van der Waals surface area contributed by atoms with Crippen LogP contribution in [0, 0.1) is 0 Å². The van der Waals surface area contributed by atoms with Crippen LogP contribution in [0.25, 0.3) is 11.2 Å². The summed E-state index contributed by atoms with van der Waals surface area (Å²) in [5.41, 5.74) is 2.50. The van der Waals surface area contributed by atoms with Crippen molar-refractivity contribution in [2.24, 2.45) is 7.05 Å². The number of H-pyrrole nitrogens is 1. The summed E-state index contributed by atoms with van der Waals surface area (Å²) in [5.74, 6) is 1.96. The van der Waals surface area contributed by atoms with E-state index in [0.29, 0.717) is 29.5 Å². The SMILES string of the molecule is CC(C)Oc1ccc2nc(COc3ccc(Cc4sc(=O)[nH]c4O)cc3)n(C)c2n1. The predicted octanol–water partition coefficient (Wildman–Crippen LogP) is 3.38. The second-order valence-corrected chi connectivity index (χ2v) is 8.21. The van der Waals surface area contributed by atoms with Gasteiger partial charge in [-0.2, -0.15) is 4.98 Å². The zero-order valence-corrected chi connectivity index (χ0v) is 17.7. The van der Waals surface area contributed by atoms with Crippen molar-refractivity contribution in [3.8, 4) is 17.5 Å². The molecule has 0 bridgehead atoms. The molecule has 4 aromatic rings. The number of hydrogen-bond acceptors (Lipinski definition) is 7. The summed E-state index contributed by atoms with van der Waals surface area (Å²) in [6.45, 7) is 4.22. The number of aryl methyl sites for hydroxylation is 1. The molecule has 4 rings (SSSR count). The fraction of sp³-hybridized carbons (Fsp3) is 0.286. The Morgan fingerprint density at radius 2 is 1.93 bits per heavy atom. The molecule has 3 heterocycles. The van der Waals surface area contributed by atoms with E-state index in [9.17, 15) is 9.90 Å². The Bertz CT molecular complexity index is 1220. The lowest BCUT2D eigenvalue weighted by atomic mass is 10.1. The molecule has 0 aliphatic carbocycles. The van der Waals surface area contributed by atoms with Crippen molar-refractivity contribution in [2.75, 3.05) is 0 Å². The highest BCUT2D eigenvalue weighted by Gasteiger charge is 2.12. The van der Waals surface area contributed by atoms with E-state index < -0.39 is 0 Å². The molecule has 0 radical (unpaired) electrons. The van der Waals surface area contributed by atoms with Crippen LogP contribution in [0.5, 0.6) is 17.5 Å². The van der Waals surface area contributed by atoms with E-state index in [4.69, 9.17) is 9.47 Å². The summed E-state index contributed by atoms with van der Waals surface area (Å²) in [4.78, 5) is 23.1. The number of rotatable bonds is 7. The van der Waals surface area contributed by atoms with Crippen LogP contribution < -0.4 is 14.3 Å². The number of fused-ring (bicyclic) bond motifs is 1. The number of thiazole rings is 1. The molecule has 9 heteroatoms. The third kappa shape index (κ3) is 4.30. The Kier molecular flexibility index (Phi) is 5.45. The van der Waals surface area contributed by atoms with E-state index >= 15 is 0 Å².